The second-order valence-corrected chi connectivity index (χ2v) is 5.45. The van der Waals surface area contributed by atoms with Gasteiger partial charge in [-0.05, 0) is 12.1 Å². The van der Waals surface area contributed by atoms with Crippen LogP contribution in [0.2, 0.25) is 0 Å². The number of amides is 1. The van der Waals surface area contributed by atoms with Crippen LogP contribution in [-0.2, 0) is 11.3 Å². The molecule has 0 spiro atoms. The smallest absolute Gasteiger partial charge is 0.334 e. The Kier molecular flexibility index (Phi) is 4.52. The summed E-state index contributed by atoms with van der Waals surface area (Å²) in [6.45, 7) is 1.09. The Bertz CT molecular complexity index is 694. The second kappa shape index (κ2) is 6.60. The normalized spacial score (nSPS) is 16.4. The van der Waals surface area contributed by atoms with E-state index in [1.807, 2.05) is 35.2 Å². The van der Waals surface area contributed by atoms with Crippen molar-refractivity contribution in [2.75, 3.05) is 26.2 Å². The molecule has 24 heavy (non-hydrogen) atoms. The third-order valence-corrected chi connectivity index (χ3v) is 3.76. The van der Waals surface area contributed by atoms with E-state index in [2.05, 4.69) is 10.1 Å². The van der Waals surface area contributed by atoms with Gasteiger partial charge in [-0.2, -0.15) is 18.2 Å². The highest BCUT2D eigenvalue weighted by atomic mass is 19.4. The first kappa shape index (κ1) is 16.4. The molecule has 1 saturated heterocycles. The summed E-state index contributed by atoms with van der Waals surface area (Å²) in [6.07, 6.45) is -4.82. The summed E-state index contributed by atoms with van der Waals surface area (Å²) in [5.41, 5.74) is 0.803. The van der Waals surface area contributed by atoms with E-state index in [4.69, 9.17) is 4.52 Å². The van der Waals surface area contributed by atoms with E-state index in [1.54, 1.807) is 0 Å². The Morgan fingerprint density at radius 3 is 2.42 bits per heavy atom. The van der Waals surface area contributed by atoms with Crippen molar-refractivity contribution in [3.8, 4) is 11.5 Å². The predicted molar refractivity (Wildman–Crippen MR) is 77.6 cm³/mol. The number of benzene rings is 1. The Labute approximate surface area is 135 Å². The van der Waals surface area contributed by atoms with Crippen LogP contribution in [0, 0.1) is 0 Å². The summed E-state index contributed by atoms with van der Waals surface area (Å²) in [7, 11) is 0. The van der Waals surface area contributed by atoms with E-state index in [9.17, 15) is 18.0 Å². The van der Waals surface area contributed by atoms with Crippen molar-refractivity contribution >= 4 is 5.91 Å². The zero-order valence-electron chi connectivity index (χ0n) is 12.7. The maximum Gasteiger partial charge on any atom is 0.471 e. The van der Waals surface area contributed by atoms with Gasteiger partial charge < -0.3 is 9.42 Å². The van der Waals surface area contributed by atoms with Gasteiger partial charge in [-0.15, -0.1) is 0 Å². The van der Waals surface area contributed by atoms with Crippen molar-refractivity contribution in [1.82, 2.24) is 19.9 Å². The molecule has 9 heteroatoms. The molecule has 2 aromatic rings. The molecule has 1 aromatic carbocycles. The molecule has 1 aromatic heterocycles. The van der Waals surface area contributed by atoms with Crippen molar-refractivity contribution in [2.45, 2.75) is 12.7 Å². The molecular weight excluding hydrogens is 325 g/mol. The van der Waals surface area contributed by atoms with Gasteiger partial charge in [-0.25, -0.2) is 0 Å². The molecular formula is C15H15F3N4O2. The minimum atomic E-state index is -4.82. The fraction of sp³-hybridized carbons (Fsp3) is 0.400. The Balaban J connectivity index is 1.56. The van der Waals surface area contributed by atoms with Crippen molar-refractivity contribution in [3.05, 3.63) is 36.2 Å². The summed E-state index contributed by atoms with van der Waals surface area (Å²) in [4.78, 5) is 18.2. The van der Waals surface area contributed by atoms with Crippen molar-refractivity contribution in [2.24, 2.45) is 0 Å². The number of carbonyl (C=O) groups is 1. The number of piperazine rings is 1. The summed E-state index contributed by atoms with van der Waals surface area (Å²) in [5.74, 6) is -0.922. The monoisotopic (exact) mass is 340 g/mol. The van der Waals surface area contributed by atoms with Crippen LogP contribution in [-0.4, -0.2) is 58.2 Å². The Morgan fingerprint density at radius 2 is 1.79 bits per heavy atom. The van der Waals surface area contributed by atoms with Crippen molar-refractivity contribution < 1.29 is 22.5 Å². The molecule has 0 saturated carbocycles. The largest absolute Gasteiger partial charge is 0.471 e. The van der Waals surface area contributed by atoms with Crippen LogP contribution >= 0.6 is 0 Å². The third kappa shape index (κ3) is 3.73. The van der Waals surface area contributed by atoms with Crippen LogP contribution in [0.1, 0.15) is 5.82 Å². The molecule has 1 aliphatic rings. The van der Waals surface area contributed by atoms with Gasteiger partial charge in [0, 0.05) is 31.7 Å². The second-order valence-electron chi connectivity index (χ2n) is 5.45. The SMILES string of the molecule is O=C(N1CCN(Cc2noc(-c3ccccc3)n2)CC1)C(F)(F)F. The summed E-state index contributed by atoms with van der Waals surface area (Å²) >= 11 is 0. The number of nitrogens with zero attached hydrogens (tertiary/aromatic N) is 4. The highest BCUT2D eigenvalue weighted by Gasteiger charge is 2.43. The highest BCUT2D eigenvalue weighted by Crippen LogP contribution is 2.20. The van der Waals surface area contributed by atoms with Crippen molar-refractivity contribution in [1.29, 1.82) is 0 Å². The van der Waals surface area contributed by atoms with Crippen molar-refractivity contribution in [3.63, 3.8) is 0 Å². The first-order valence-electron chi connectivity index (χ1n) is 7.40. The topological polar surface area (TPSA) is 62.5 Å². The fourth-order valence-corrected chi connectivity index (χ4v) is 2.50. The number of halogens is 3. The molecule has 1 amide bonds. The average Bonchev–Trinajstić information content (AvgIpc) is 3.03. The van der Waals surface area contributed by atoms with Gasteiger partial charge in [0.05, 0.1) is 6.54 Å². The van der Waals surface area contributed by atoms with Gasteiger partial charge in [-0.3, -0.25) is 9.69 Å². The van der Waals surface area contributed by atoms with E-state index < -0.39 is 12.1 Å². The number of hydrogen-bond acceptors (Lipinski definition) is 5. The van der Waals surface area contributed by atoms with E-state index in [-0.39, 0.29) is 13.1 Å². The van der Waals surface area contributed by atoms with Gasteiger partial charge in [0.15, 0.2) is 5.82 Å². The maximum atomic E-state index is 12.4. The molecule has 0 radical (unpaired) electrons. The molecule has 0 unspecified atom stereocenters. The molecule has 0 aliphatic carbocycles. The van der Waals surface area contributed by atoms with Crippen LogP contribution in [0.5, 0.6) is 0 Å². The predicted octanol–water partition coefficient (Wildman–Crippen LogP) is 1.94. The zero-order chi connectivity index (χ0) is 17.2. The maximum absolute atomic E-state index is 12.4. The fourth-order valence-electron chi connectivity index (χ4n) is 2.50. The molecule has 128 valence electrons. The summed E-state index contributed by atoms with van der Waals surface area (Å²) in [6, 6.07) is 9.28. The van der Waals surface area contributed by atoms with Gasteiger partial charge in [0.25, 0.3) is 5.89 Å². The average molecular weight is 340 g/mol. The van der Waals surface area contributed by atoms with E-state index in [0.29, 0.717) is 31.3 Å². The molecule has 0 bridgehead atoms. The molecule has 0 atom stereocenters. The minimum absolute atomic E-state index is 0.0295. The van der Waals surface area contributed by atoms with Gasteiger partial charge >= 0.3 is 12.1 Å². The summed E-state index contributed by atoms with van der Waals surface area (Å²) < 4.78 is 42.4. The molecule has 3 rings (SSSR count). The quantitative estimate of drug-likeness (QED) is 0.855. The lowest BCUT2D eigenvalue weighted by Crippen LogP contribution is -2.52. The minimum Gasteiger partial charge on any atom is -0.334 e. The first-order valence-corrected chi connectivity index (χ1v) is 7.40. The van der Waals surface area contributed by atoms with Crippen LogP contribution in [0.3, 0.4) is 0 Å². The number of rotatable bonds is 3. The zero-order valence-corrected chi connectivity index (χ0v) is 12.7. The highest BCUT2D eigenvalue weighted by molar-refractivity contribution is 5.81. The molecule has 2 heterocycles. The van der Waals surface area contributed by atoms with E-state index in [1.165, 1.54) is 0 Å². The standard InChI is InChI=1S/C15H15F3N4O2/c16-15(17,18)14(23)22-8-6-21(7-9-22)10-12-19-13(24-20-12)11-4-2-1-3-5-11/h1-5H,6-10H2. The van der Waals surface area contributed by atoms with Crippen LogP contribution in [0.15, 0.2) is 34.9 Å². The van der Waals surface area contributed by atoms with Gasteiger partial charge in [0.1, 0.15) is 0 Å². The van der Waals surface area contributed by atoms with Gasteiger partial charge in [-0.1, -0.05) is 23.4 Å². The number of carbonyl (C=O) groups excluding carboxylic acids is 1. The summed E-state index contributed by atoms with van der Waals surface area (Å²) in [5, 5.41) is 3.89. The van der Waals surface area contributed by atoms with Gasteiger partial charge in [0.2, 0.25) is 0 Å². The molecule has 1 fully saturated rings. The Hall–Kier alpha value is -2.42. The molecule has 6 nitrogen and oxygen atoms in total. The molecule has 0 N–H and O–H groups in total. The van der Waals surface area contributed by atoms with E-state index in [0.717, 1.165) is 10.5 Å². The number of alkyl halides is 3. The molecule has 1 aliphatic heterocycles. The number of hydrogen-bond donors (Lipinski definition) is 0. The van der Waals surface area contributed by atoms with Crippen LogP contribution in [0.4, 0.5) is 13.2 Å². The van der Waals surface area contributed by atoms with Crippen LogP contribution in [0.25, 0.3) is 11.5 Å². The van der Waals surface area contributed by atoms with Crippen LogP contribution < -0.4 is 0 Å². The lowest BCUT2D eigenvalue weighted by molar-refractivity contribution is -0.187. The Morgan fingerprint density at radius 1 is 1.12 bits per heavy atom. The first-order chi connectivity index (χ1) is 11.4. The lowest BCUT2D eigenvalue weighted by atomic mass is 10.2. The third-order valence-electron chi connectivity index (χ3n) is 3.76. The number of aromatic nitrogens is 2. The van der Waals surface area contributed by atoms with E-state index >= 15 is 0 Å². The lowest BCUT2D eigenvalue weighted by Gasteiger charge is -2.34.